The first-order valence-electron chi connectivity index (χ1n) is 5.61. The molecule has 0 atom stereocenters. The summed E-state index contributed by atoms with van der Waals surface area (Å²) in [6.07, 6.45) is 4.99. The second kappa shape index (κ2) is 4.77. The molecule has 0 N–H and O–H groups in total. The van der Waals surface area contributed by atoms with E-state index in [9.17, 15) is 4.79 Å². The summed E-state index contributed by atoms with van der Waals surface area (Å²) >= 11 is 11.8. The lowest BCUT2D eigenvalue weighted by atomic mass is 9.70. The summed E-state index contributed by atoms with van der Waals surface area (Å²) in [4.78, 5) is 11.8. The number of carbonyl (C=O) groups excluding carboxylic acids is 1. The molecule has 0 saturated heterocycles. The Labute approximate surface area is 106 Å². The molecule has 1 aromatic carbocycles. The molecule has 0 aliphatic heterocycles. The Kier molecular flexibility index (Phi) is 3.56. The number of carbonyl (C=O) groups is 1. The van der Waals surface area contributed by atoms with E-state index in [1.54, 1.807) is 0 Å². The molecule has 0 bridgehead atoms. The van der Waals surface area contributed by atoms with E-state index in [2.05, 4.69) is 0 Å². The van der Waals surface area contributed by atoms with Gasteiger partial charge in [-0.1, -0.05) is 43.0 Å². The highest BCUT2D eigenvalue weighted by atomic mass is 35.5. The van der Waals surface area contributed by atoms with Crippen LogP contribution < -0.4 is 0 Å². The van der Waals surface area contributed by atoms with Gasteiger partial charge in [0.1, 0.15) is 0 Å². The fraction of sp³-hybridized carbons (Fsp3) is 0.462. The van der Waals surface area contributed by atoms with Gasteiger partial charge in [0.15, 0.2) is 0 Å². The van der Waals surface area contributed by atoms with Gasteiger partial charge in [-0.05, 0) is 42.1 Å². The first-order valence-corrected chi connectivity index (χ1v) is 6.37. The Balaban J connectivity index is 2.42. The van der Waals surface area contributed by atoms with Gasteiger partial charge in [0.25, 0.3) is 0 Å². The zero-order valence-electron chi connectivity index (χ0n) is 9.01. The van der Waals surface area contributed by atoms with Crippen molar-refractivity contribution < 1.29 is 4.79 Å². The van der Waals surface area contributed by atoms with Gasteiger partial charge >= 0.3 is 0 Å². The third-order valence-electron chi connectivity index (χ3n) is 3.46. The lowest BCUT2D eigenvalue weighted by Gasteiger charge is -2.34. The second-order valence-corrected chi connectivity index (χ2v) is 5.21. The normalized spacial score (nSPS) is 19.4. The molecule has 16 heavy (non-hydrogen) atoms. The molecule has 0 heterocycles. The third-order valence-corrected chi connectivity index (χ3v) is 4.06. The van der Waals surface area contributed by atoms with Gasteiger partial charge in [-0.15, -0.1) is 0 Å². The van der Waals surface area contributed by atoms with Crippen LogP contribution in [0.5, 0.6) is 0 Å². The molecule has 1 aliphatic carbocycles. The van der Waals surface area contributed by atoms with E-state index >= 15 is 0 Å². The molecule has 0 aromatic heterocycles. The highest BCUT2D eigenvalue weighted by Gasteiger charge is 2.39. The van der Waals surface area contributed by atoms with E-state index in [0.717, 1.165) is 31.2 Å². The van der Waals surface area contributed by atoms with Crippen LogP contribution >= 0.6 is 23.2 Å². The van der Waals surface area contributed by atoms with Crippen molar-refractivity contribution in [1.82, 2.24) is 0 Å². The summed E-state index contributed by atoms with van der Waals surface area (Å²) in [5, 5.41) is 0.426. The third kappa shape index (κ3) is 2.11. The fourth-order valence-electron chi connectivity index (χ4n) is 2.54. The highest BCUT2D eigenvalue weighted by molar-refractivity contribution is 6.65. The van der Waals surface area contributed by atoms with Crippen LogP contribution in [-0.2, 0) is 10.2 Å². The summed E-state index contributed by atoms with van der Waals surface area (Å²) in [6, 6.07) is 7.53. The molecule has 0 amide bonds. The van der Waals surface area contributed by atoms with Crippen LogP contribution in [-0.4, -0.2) is 5.24 Å². The fourth-order valence-corrected chi connectivity index (χ4v) is 3.03. The molecular weight excluding hydrogens is 243 g/mol. The Morgan fingerprint density at radius 2 is 1.88 bits per heavy atom. The SMILES string of the molecule is O=C(Cl)C1(c2cccc(Cl)c2)CCCCC1. The number of hydrogen-bond acceptors (Lipinski definition) is 1. The van der Waals surface area contributed by atoms with Gasteiger partial charge in [-0.25, -0.2) is 0 Å². The maximum Gasteiger partial charge on any atom is 0.232 e. The van der Waals surface area contributed by atoms with Crippen molar-refractivity contribution in [2.75, 3.05) is 0 Å². The number of benzene rings is 1. The molecular formula is C13H14Cl2O. The maximum atomic E-state index is 11.8. The van der Waals surface area contributed by atoms with Crippen molar-refractivity contribution in [2.45, 2.75) is 37.5 Å². The summed E-state index contributed by atoms with van der Waals surface area (Å²) < 4.78 is 0. The Morgan fingerprint density at radius 3 is 2.44 bits per heavy atom. The largest absolute Gasteiger partial charge is 0.280 e. The molecule has 1 nitrogen and oxygen atoms in total. The lowest BCUT2D eigenvalue weighted by molar-refractivity contribution is -0.117. The molecule has 1 fully saturated rings. The van der Waals surface area contributed by atoms with E-state index < -0.39 is 5.41 Å². The minimum atomic E-state index is -0.495. The standard InChI is InChI=1S/C13H14Cl2O/c14-11-6-4-5-10(9-11)13(12(15)16)7-2-1-3-8-13/h4-6,9H,1-3,7-8H2. The number of hydrogen-bond donors (Lipinski definition) is 0. The van der Waals surface area contributed by atoms with E-state index in [-0.39, 0.29) is 5.24 Å². The molecule has 86 valence electrons. The summed E-state index contributed by atoms with van der Waals surface area (Å²) in [5.74, 6) is 0. The first kappa shape index (κ1) is 11.9. The van der Waals surface area contributed by atoms with Gasteiger partial charge in [0, 0.05) is 5.02 Å². The van der Waals surface area contributed by atoms with Gasteiger partial charge < -0.3 is 0 Å². The van der Waals surface area contributed by atoms with Gasteiger partial charge in [0.05, 0.1) is 5.41 Å². The van der Waals surface area contributed by atoms with Gasteiger partial charge in [-0.2, -0.15) is 0 Å². The molecule has 0 unspecified atom stereocenters. The first-order chi connectivity index (χ1) is 7.65. The monoisotopic (exact) mass is 256 g/mol. The van der Waals surface area contributed by atoms with Crippen LogP contribution in [0.3, 0.4) is 0 Å². The molecule has 0 radical (unpaired) electrons. The average molecular weight is 257 g/mol. The number of rotatable bonds is 2. The topological polar surface area (TPSA) is 17.1 Å². The minimum Gasteiger partial charge on any atom is -0.280 e. The summed E-state index contributed by atoms with van der Waals surface area (Å²) in [7, 11) is 0. The van der Waals surface area contributed by atoms with Crippen molar-refractivity contribution in [2.24, 2.45) is 0 Å². The van der Waals surface area contributed by atoms with E-state index in [1.165, 1.54) is 6.42 Å². The van der Waals surface area contributed by atoms with Crippen LogP contribution in [0, 0.1) is 0 Å². The van der Waals surface area contributed by atoms with Crippen LogP contribution in [0.4, 0.5) is 0 Å². The molecule has 1 aliphatic rings. The second-order valence-electron chi connectivity index (χ2n) is 4.43. The minimum absolute atomic E-state index is 0.241. The van der Waals surface area contributed by atoms with Crippen molar-refractivity contribution in [3.8, 4) is 0 Å². The Morgan fingerprint density at radius 1 is 1.19 bits per heavy atom. The van der Waals surface area contributed by atoms with Crippen molar-refractivity contribution in [3.05, 3.63) is 34.9 Å². The smallest absolute Gasteiger partial charge is 0.232 e. The highest BCUT2D eigenvalue weighted by Crippen LogP contribution is 2.41. The van der Waals surface area contributed by atoms with Crippen LogP contribution in [0.1, 0.15) is 37.7 Å². The zero-order chi connectivity index (χ0) is 11.6. The van der Waals surface area contributed by atoms with Crippen molar-refractivity contribution in [1.29, 1.82) is 0 Å². The van der Waals surface area contributed by atoms with Crippen LogP contribution in [0.15, 0.2) is 24.3 Å². The summed E-state index contributed by atoms with van der Waals surface area (Å²) in [6.45, 7) is 0. The van der Waals surface area contributed by atoms with E-state index in [4.69, 9.17) is 23.2 Å². The molecule has 3 heteroatoms. The molecule has 1 saturated carbocycles. The predicted octanol–water partition coefficient (Wildman–Crippen LogP) is 4.31. The summed E-state index contributed by atoms with van der Waals surface area (Å²) in [5.41, 5.74) is 0.477. The molecule has 2 rings (SSSR count). The van der Waals surface area contributed by atoms with Gasteiger partial charge in [0.2, 0.25) is 5.24 Å². The predicted molar refractivity (Wildman–Crippen MR) is 67.1 cm³/mol. The molecule has 0 spiro atoms. The zero-order valence-corrected chi connectivity index (χ0v) is 10.5. The molecule has 1 aromatic rings. The van der Waals surface area contributed by atoms with Gasteiger partial charge in [-0.3, -0.25) is 4.79 Å². The Bertz CT molecular complexity index is 395. The lowest BCUT2D eigenvalue weighted by Crippen LogP contribution is -2.35. The van der Waals surface area contributed by atoms with Crippen molar-refractivity contribution in [3.63, 3.8) is 0 Å². The van der Waals surface area contributed by atoms with E-state index in [1.807, 2.05) is 24.3 Å². The van der Waals surface area contributed by atoms with Crippen molar-refractivity contribution >= 4 is 28.4 Å². The quantitative estimate of drug-likeness (QED) is 0.721. The van der Waals surface area contributed by atoms with Crippen LogP contribution in [0.25, 0.3) is 0 Å². The number of halogens is 2. The Hall–Kier alpha value is -0.530. The average Bonchev–Trinajstić information content (AvgIpc) is 2.30. The van der Waals surface area contributed by atoms with E-state index in [0.29, 0.717) is 5.02 Å². The maximum absolute atomic E-state index is 11.8. The van der Waals surface area contributed by atoms with Crippen LogP contribution in [0.2, 0.25) is 5.02 Å².